The predicted octanol–water partition coefficient (Wildman–Crippen LogP) is 2.40. The Morgan fingerprint density at radius 1 is 1.00 bits per heavy atom. The second-order valence-corrected chi connectivity index (χ2v) is 5.42. The van der Waals surface area contributed by atoms with E-state index in [-0.39, 0.29) is 6.54 Å². The zero-order valence-corrected chi connectivity index (χ0v) is 11.3. The van der Waals surface area contributed by atoms with E-state index in [9.17, 15) is 26.3 Å². The van der Waals surface area contributed by atoms with Crippen molar-refractivity contribution in [3.05, 3.63) is 22.4 Å². The van der Waals surface area contributed by atoms with E-state index in [4.69, 9.17) is 10.2 Å². The molecule has 1 rings (SSSR count). The van der Waals surface area contributed by atoms with E-state index in [2.05, 4.69) is 0 Å². The van der Waals surface area contributed by atoms with Crippen molar-refractivity contribution >= 4 is 11.3 Å². The van der Waals surface area contributed by atoms with Gasteiger partial charge in [-0.1, -0.05) is 6.07 Å². The molecular weight excluding hydrogens is 324 g/mol. The van der Waals surface area contributed by atoms with Crippen molar-refractivity contribution in [2.75, 3.05) is 13.1 Å². The summed E-state index contributed by atoms with van der Waals surface area (Å²) in [5, 5.41) is 19.6. The molecule has 1 aromatic rings. The van der Waals surface area contributed by atoms with Gasteiger partial charge in [-0.2, -0.15) is 26.3 Å². The molecule has 2 N–H and O–H groups in total. The van der Waals surface area contributed by atoms with Gasteiger partial charge < -0.3 is 10.2 Å². The highest BCUT2D eigenvalue weighted by Crippen LogP contribution is 2.25. The van der Waals surface area contributed by atoms with Gasteiger partial charge >= 0.3 is 12.4 Å². The highest BCUT2D eigenvalue weighted by molar-refractivity contribution is 7.09. The Kier molecular flexibility index (Phi) is 6.02. The fourth-order valence-electron chi connectivity index (χ4n) is 1.52. The SMILES string of the molecule is O[C@@H](CN(Cc1cccs1)C[C@H](O)C(F)(F)F)C(F)(F)F. The first-order valence-electron chi connectivity index (χ1n) is 5.74. The Hall–Kier alpha value is -0.840. The Labute approximate surface area is 120 Å². The lowest BCUT2D eigenvalue weighted by atomic mass is 10.2. The van der Waals surface area contributed by atoms with Crippen molar-refractivity contribution in [2.24, 2.45) is 0 Å². The van der Waals surface area contributed by atoms with Crippen LogP contribution in [0.2, 0.25) is 0 Å². The van der Waals surface area contributed by atoms with Gasteiger partial charge in [-0.3, -0.25) is 4.90 Å². The molecule has 0 saturated heterocycles. The average Bonchev–Trinajstić information content (AvgIpc) is 2.78. The lowest BCUT2D eigenvalue weighted by Gasteiger charge is -2.28. The molecule has 10 heteroatoms. The van der Waals surface area contributed by atoms with Gasteiger partial charge in [0, 0.05) is 24.5 Å². The largest absolute Gasteiger partial charge is 0.415 e. The zero-order valence-electron chi connectivity index (χ0n) is 10.5. The van der Waals surface area contributed by atoms with Gasteiger partial charge in [-0.05, 0) is 11.4 Å². The normalized spacial score (nSPS) is 16.2. The molecule has 0 unspecified atom stereocenters. The van der Waals surface area contributed by atoms with Crippen LogP contribution in [0.5, 0.6) is 0 Å². The zero-order chi connectivity index (χ0) is 16.3. The van der Waals surface area contributed by atoms with Gasteiger partial charge in [-0.25, -0.2) is 0 Å². The van der Waals surface area contributed by atoms with Crippen LogP contribution in [-0.4, -0.2) is 52.8 Å². The first kappa shape index (κ1) is 18.2. The van der Waals surface area contributed by atoms with Crippen LogP contribution in [0.3, 0.4) is 0 Å². The van der Waals surface area contributed by atoms with E-state index < -0.39 is 37.7 Å². The molecule has 0 aromatic carbocycles. The summed E-state index contributed by atoms with van der Waals surface area (Å²) in [5.74, 6) is 0. The Morgan fingerprint density at radius 2 is 1.48 bits per heavy atom. The summed E-state index contributed by atoms with van der Waals surface area (Å²) in [6.07, 6.45) is -15.4. The third-order valence-corrected chi connectivity index (χ3v) is 3.44. The van der Waals surface area contributed by atoms with Gasteiger partial charge in [0.1, 0.15) is 0 Å². The maximum absolute atomic E-state index is 12.3. The fraction of sp³-hybridized carbons (Fsp3) is 0.636. The Morgan fingerprint density at radius 3 is 1.81 bits per heavy atom. The summed E-state index contributed by atoms with van der Waals surface area (Å²) >= 11 is 1.15. The number of halogens is 6. The molecule has 0 saturated carbocycles. The van der Waals surface area contributed by atoms with E-state index in [1.165, 1.54) is 6.07 Å². The number of aliphatic hydroxyl groups is 2. The molecule has 1 aromatic heterocycles. The smallest absolute Gasteiger partial charge is 0.382 e. The van der Waals surface area contributed by atoms with Gasteiger partial charge in [0.05, 0.1) is 0 Å². The number of nitrogens with zero attached hydrogens (tertiary/aromatic N) is 1. The molecule has 0 amide bonds. The predicted molar refractivity (Wildman–Crippen MR) is 63.7 cm³/mol. The second-order valence-electron chi connectivity index (χ2n) is 4.39. The van der Waals surface area contributed by atoms with Crippen molar-refractivity contribution < 1.29 is 36.6 Å². The summed E-state index contributed by atoms with van der Waals surface area (Å²) in [5.41, 5.74) is 0. The minimum absolute atomic E-state index is 0.224. The summed E-state index contributed by atoms with van der Waals surface area (Å²) < 4.78 is 73.8. The molecular formula is C11H13F6NO2S. The summed E-state index contributed by atoms with van der Waals surface area (Å²) in [4.78, 5) is 1.25. The molecule has 2 atom stereocenters. The van der Waals surface area contributed by atoms with Crippen molar-refractivity contribution in [1.82, 2.24) is 4.90 Å². The van der Waals surface area contributed by atoms with Gasteiger partial charge in [-0.15, -0.1) is 11.3 Å². The first-order chi connectivity index (χ1) is 9.50. The topological polar surface area (TPSA) is 43.7 Å². The van der Waals surface area contributed by atoms with Crippen molar-refractivity contribution in [3.8, 4) is 0 Å². The van der Waals surface area contributed by atoms with E-state index >= 15 is 0 Å². The molecule has 0 radical (unpaired) electrons. The summed E-state index contributed by atoms with van der Waals surface area (Å²) in [6.45, 7) is -2.32. The Balaban J connectivity index is 2.75. The number of hydrogen-bond acceptors (Lipinski definition) is 4. The molecule has 1 heterocycles. The molecule has 0 aliphatic rings. The number of rotatable bonds is 6. The molecule has 0 fully saturated rings. The number of hydrogen-bond donors (Lipinski definition) is 2. The van der Waals surface area contributed by atoms with Crippen LogP contribution in [0, 0.1) is 0 Å². The number of thiophene rings is 1. The number of aliphatic hydroxyl groups excluding tert-OH is 2. The molecule has 0 bridgehead atoms. The third-order valence-electron chi connectivity index (χ3n) is 2.58. The van der Waals surface area contributed by atoms with E-state index in [0.29, 0.717) is 4.88 Å². The number of alkyl halides is 6. The average molecular weight is 337 g/mol. The lowest BCUT2D eigenvalue weighted by molar-refractivity contribution is -0.221. The third kappa shape index (κ3) is 6.20. The monoisotopic (exact) mass is 337 g/mol. The standard InChI is InChI=1S/C11H13F6NO2S/c12-10(13,14)8(19)5-18(4-7-2-1-3-21-7)6-9(20)11(15,16)17/h1-3,8-9,19-20H,4-6H2/t8-,9-/m0/s1. The molecule has 0 aliphatic heterocycles. The van der Waals surface area contributed by atoms with E-state index in [1.54, 1.807) is 11.4 Å². The first-order valence-corrected chi connectivity index (χ1v) is 6.62. The van der Waals surface area contributed by atoms with Gasteiger partial charge in [0.25, 0.3) is 0 Å². The van der Waals surface area contributed by atoms with Crippen LogP contribution >= 0.6 is 11.3 Å². The van der Waals surface area contributed by atoms with Crippen molar-refractivity contribution in [1.29, 1.82) is 0 Å². The molecule has 122 valence electrons. The highest BCUT2D eigenvalue weighted by atomic mass is 32.1. The molecule has 3 nitrogen and oxygen atoms in total. The second kappa shape index (κ2) is 6.95. The summed E-state index contributed by atoms with van der Waals surface area (Å²) in [7, 11) is 0. The van der Waals surface area contributed by atoms with Crippen LogP contribution in [0.15, 0.2) is 17.5 Å². The molecule has 0 aliphatic carbocycles. The minimum Gasteiger partial charge on any atom is -0.382 e. The van der Waals surface area contributed by atoms with Crippen LogP contribution in [0.4, 0.5) is 26.3 Å². The van der Waals surface area contributed by atoms with Crippen LogP contribution in [0.1, 0.15) is 4.88 Å². The molecule has 0 spiro atoms. The maximum Gasteiger partial charge on any atom is 0.415 e. The van der Waals surface area contributed by atoms with Gasteiger partial charge in [0.2, 0.25) is 0 Å². The summed E-state index contributed by atoms with van der Waals surface area (Å²) in [6, 6.07) is 3.14. The van der Waals surface area contributed by atoms with Crippen LogP contribution in [-0.2, 0) is 6.54 Å². The quantitative estimate of drug-likeness (QED) is 0.784. The van der Waals surface area contributed by atoms with Gasteiger partial charge in [0.15, 0.2) is 12.2 Å². The van der Waals surface area contributed by atoms with Crippen molar-refractivity contribution in [2.45, 2.75) is 31.1 Å². The Bertz CT molecular complexity index is 397. The minimum atomic E-state index is -4.93. The maximum atomic E-state index is 12.3. The van der Waals surface area contributed by atoms with E-state index in [0.717, 1.165) is 16.2 Å². The molecule has 21 heavy (non-hydrogen) atoms. The van der Waals surface area contributed by atoms with Crippen LogP contribution < -0.4 is 0 Å². The van der Waals surface area contributed by atoms with Crippen LogP contribution in [0.25, 0.3) is 0 Å². The van der Waals surface area contributed by atoms with E-state index in [1.807, 2.05) is 0 Å². The lowest BCUT2D eigenvalue weighted by Crippen LogP contribution is -2.46. The highest BCUT2D eigenvalue weighted by Gasteiger charge is 2.42. The van der Waals surface area contributed by atoms with Crippen molar-refractivity contribution in [3.63, 3.8) is 0 Å². The fourth-order valence-corrected chi connectivity index (χ4v) is 2.27.